The fourth-order valence-electron chi connectivity index (χ4n) is 0.667. The molecule has 0 fully saturated rings. The van der Waals surface area contributed by atoms with Gasteiger partial charge in [-0.1, -0.05) is 6.92 Å². The molecule has 1 nitrogen and oxygen atoms in total. The molecule has 2 heteroatoms. The van der Waals surface area contributed by atoms with E-state index >= 15 is 0 Å². The van der Waals surface area contributed by atoms with Crippen LogP contribution in [0, 0.1) is 0 Å². The van der Waals surface area contributed by atoms with Gasteiger partial charge < -0.3 is 0 Å². The molecule has 0 saturated carbocycles. The van der Waals surface area contributed by atoms with Crippen molar-refractivity contribution in [1.82, 2.24) is 0 Å². The van der Waals surface area contributed by atoms with Crippen molar-refractivity contribution in [3.8, 4) is 0 Å². The fraction of sp³-hybridized carbons (Fsp3) is 0.625. The van der Waals surface area contributed by atoms with E-state index in [1.165, 1.54) is 0 Å². The fourth-order valence-corrected chi connectivity index (χ4v) is 1.15. The van der Waals surface area contributed by atoms with Gasteiger partial charge in [0.2, 0.25) is 0 Å². The van der Waals surface area contributed by atoms with Crippen molar-refractivity contribution in [2.45, 2.75) is 26.7 Å². The lowest BCUT2D eigenvalue weighted by Gasteiger charge is -1.95. The summed E-state index contributed by atoms with van der Waals surface area (Å²) < 4.78 is 0. The number of ketones is 1. The number of thioether (sulfide) groups is 1. The molecule has 10 heavy (non-hydrogen) atoms. The summed E-state index contributed by atoms with van der Waals surface area (Å²) in [6.45, 7) is 3.89. The molecule has 0 spiro atoms. The minimum Gasteiger partial charge on any atom is -0.295 e. The summed E-state index contributed by atoms with van der Waals surface area (Å²) in [4.78, 5) is 11.1. The largest absolute Gasteiger partial charge is 0.295 e. The molecule has 0 aromatic carbocycles. The maximum atomic E-state index is 11.1. The van der Waals surface area contributed by atoms with E-state index in [2.05, 4.69) is 0 Å². The minimum absolute atomic E-state index is 0.275. The second-order valence-corrected chi connectivity index (χ2v) is 2.92. The van der Waals surface area contributed by atoms with Crippen LogP contribution in [0.5, 0.6) is 0 Å². The molecule has 0 aliphatic heterocycles. The second kappa shape index (κ2) is 5.54. The summed E-state index contributed by atoms with van der Waals surface area (Å²) >= 11 is 1.58. The molecule has 0 unspecified atom stereocenters. The van der Waals surface area contributed by atoms with Gasteiger partial charge in [0.15, 0.2) is 5.78 Å². The zero-order chi connectivity index (χ0) is 7.98. The van der Waals surface area contributed by atoms with Gasteiger partial charge in [-0.2, -0.15) is 0 Å². The SMILES string of the molecule is CCCC(=O)/C(C)=C/SC. The van der Waals surface area contributed by atoms with E-state index in [4.69, 9.17) is 0 Å². The summed E-state index contributed by atoms with van der Waals surface area (Å²) in [7, 11) is 0. The molecule has 0 saturated heterocycles. The predicted octanol–water partition coefficient (Wildman–Crippen LogP) is 2.62. The highest BCUT2D eigenvalue weighted by molar-refractivity contribution is 8.01. The van der Waals surface area contributed by atoms with Crippen LogP contribution in [0.4, 0.5) is 0 Å². The lowest BCUT2D eigenvalue weighted by Crippen LogP contribution is -1.97. The van der Waals surface area contributed by atoms with Gasteiger partial charge in [-0.05, 0) is 30.6 Å². The Morgan fingerprint density at radius 2 is 2.20 bits per heavy atom. The maximum absolute atomic E-state index is 11.1. The Balaban J connectivity index is 3.82. The summed E-state index contributed by atoms with van der Waals surface area (Å²) in [6.07, 6.45) is 3.59. The van der Waals surface area contributed by atoms with Crippen LogP contribution in [0.15, 0.2) is 11.0 Å². The number of hydrogen-bond donors (Lipinski definition) is 0. The highest BCUT2D eigenvalue weighted by Gasteiger charge is 2.00. The van der Waals surface area contributed by atoms with Crippen LogP contribution in [0.1, 0.15) is 26.7 Å². The van der Waals surface area contributed by atoms with Crippen LogP contribution < -0.4 is 0 Å². The van der Waals surface area contributed by atoms with Gasteiger partial charge >= 0.3 is 0 Å². The molecule has 0 N–H and O–H groups in total. The average Bonchev–Trinajstić information content (AvgIpc) is 1.89. The van der Waals surface area contributed by atoms with Crippen LogP contribution >= 0.6 is 11.8 Å². The van der Waals surface area contributed by atoms with Gasteiger partial charge in [0, 0.05) is 6.42 Å². The van der Waals surface area contributed by atoms with Gasteiger partial charge in [-0.3, -0.25) is 4.79 Å². The Hall–Kier alpha value is -0.240. The monoisotopic (exact) mass is 158 g/mol. The third-order valence-corrected chi connectivity index (χ3v) is 1.80. The Labute approximate surface area is 66.9 Å². The van der Waals surface area contributed by atoms with Gasteiger partial charge in [-0.15, -0.1) is 11.8 Å². The number of hydrogen-bond acceptors (Lipinski definition) is 2. The van der Waals surface area contributed by atoms with Crippen LogP contribution in [0.2, 0.25) is 0 Å². The number of Topliss-reactive ketones (excluding diaryl/α,β-unsaturated/α-hetero) is 1. The van der Waals surface area contributed by atoms with E-state index in [0.29, 0.717) is 6.42 Å². The summed E-state index contributed by atoms with van der Waals surface area (Å²) in [5.74, 6) is 0.275. The zero-order valence-electron chi connectivity index (χ0n) is 6.81. The van der Waals surface area contributed by atoms with E-state index in [1.54, 1.807) is 11.8 Å². The van der Waals surface area contributed by atoms with E-state index in [0.717, 1.165) is 12.0 Å². The van der Waals surface area contributed by atoms with E-state index in [-0.39, 0.29) is 5.78 Å². The average molecular weight is 158 g/mol. The highest BCUT2D eigenvalue weighted by atomic mass is 32.2. The molecule has 58 valence electrons. The first kappa shape index (κ1) is 9.76. The third-order valence-electron chi connectivity index (χ3n) is 1.21. The Kier molecular flexibility index (Phi) is 5.40. The van der Waals surface area contributed by atoms with Gasteiger partial charge in [0.1, 0.15) is 0 Å². The first-order valence-corrected chi connectivity index (χ1v) is 4.74. The van der Waals surface area contributed by atoms with Crippen molar-refractivity contribution in [3.63, 3.8) is 0 Å². The summed E-state index contributed by atoms with van der Waals surface area (Å²) in [5.41, 5.74) is 0.884. The van der Waals surface area contributed by atoms with Crippen LogP contribution in [0.25, 0.3) is 0 Å². The van der Waals surface area contributed by atoms with E-state index < -0.39 is 0 Å². The lowest BCUT2D eigenvalue weighted by atomic mass is 10.1. The Morgan fingerprint density at radius 3 is 2.60 bits per heavy atom. The molecule has 0 heterocycles. The van der Waals surface area contributed by atoms with Crippen molar-refractivity contribution < 1.29 is 4.79 Å². The molecular weight excluding hydrogens is 144 g/mol. The van der Waals surface area contributed by atoms with E-state index in [9.17, 15) is 4.79 Å². The Morgan fingerprint density at radius 1 is 1.60 bits per heavy atom. The molecule has 0 aromatic heterocycles. The normalized spacial score (nSPS) is 11.7. The van der Waals surface area contributed by atoms with Crippen molar-refractivity contribution in [2.24, 2.45) is 0 Å². The molecule has 0 aromatic rings. The number of carbonyl (C=O) groups excluding carboxylic acids is 1. The second-order valence-electron chi connectivity index (χ2n) is 2.21. The molecule has 0 bridgehead atoms. The van der Waals surface area contributed by atoms with Crippen LogP contribution in [-0.4, -0.2) is 12.0 Å². The van der Waals surface area contributed by atoms with Gasteiger partial charge in [0.05, 0.1) is 0 Å². The van der Waals surface area contributed by atoms with Crippen molar-refractivity contribution >= 4 is 17.5 Å². The maximum Gasteiger partial charge on any atom is 0.159 e. The number of allylic oxidation sites excluding steroid dienone is 1. The standard InChI is InChI=1S/C8H14OS/c1-4-5-8(9)7(2)6-10-3/h6H,4-5H2,1-3H3/b7-6+. The summed E-state index contributed by atoms with van der Waals surface area (Å²) in [5, 5.41) is 1.90. The van der Waals surface area contributed by atoms with Gasteiger partial charge in [0.25, 0.3) is 0 Å². The Bertz CT molecular complexity index is 138. The topological polar surface area (TPSA) is 17.1 Å². The molecule has 0 aliphatic rings. The molecule has 0 rings (SSSR count). The summed E-state index contributed by atoms with van der Waals surface area (Å²) in [6, 6.07) is 0. The van der Waals surface area contributed by atoms with Gasteiger partial charge in [-0.25, -0.2) is 0 Å². The number of carbonyl (C=O) groups is 1. The van der Waals surface area contributed by atoms with Crippen LogP contribution in [-0.2, 0) is 4.79 Å². The highest BCUT2D eigenvalue weighted by Crippen LogP contribution is 2.06. The van der Waals surface area contributed by atoms with E-state index in [1.807, 2.05) is 25.5 Å². The number of rotatable bonds is 4. The lowest BCUT2D eigenvalue weighted by molar-refractivity contribution is -0.115. The van der Waals surface area contributed by atoms with Crippen molar-refractivity contribution in [2.75, 3.05) is 6.26 Å². The molecule has 0 radical (unpaired) electrons. The van der Waals surface area contributed by atoms with Crippen molar-refractivity contribution in [1.29, 1.82) is 0 Å². The van der Waals surface area contributed by atoms with Crippen LogP contribution in [0.3, 0.4) is 0 Å². The molecular formula is C8H14OS. The molecule has 0 atom stereocenters. The molecule has 0 aliphatic carbocycles. The predicted molar refractivity (Wildman–Crippen MR) is 47.2 cm³/mol. The minimum atomic E-state index is 0.275. The quantitative estimate of drug-likeness (QED) is 0.585. The smallest absolute Gasteiger partial charge is 0.159 e. The first-order chi connectivity index (χ1) is 4.72. The third kappa shape index (κ3) is 3.72. The zero-order valence-corrected chi connectivity index (χ0v) is 7.62. The first-order valence-electron chi connectivity index (χ1n) is 3.45. The van der Waals surface area contributed by atoms with Crippen molar-refractivity contribution in [3.05, 3.63) is 11.0 Å². The molecule has 0 amide bonds.